The summed E-state index contributed by atoms with van der Waals surface area (Å²) in [5.74, 6) is 1.11. The van der Waals surface area contributed by atoms with Gasteiger partial charge in [-0.25, -0.2) is 13.9 Å². The van der Waals surface area contributed by atoms with Crippen LogP contribution >= 0.6 is 0 Å². The van der Waals surface area contributed by atoms with E-state index in [4.69, 9.17) is 5.21 Å². The first-order valence-corrected chi connectivity index (χ1v) is 6.03. The Balaban J connectivity index is 2.27. The molecule has 0 bridgehead atoms. The Bertz CT molecular complexity index is 211. The highest BCUT2D eigenvalue weighted by Crippen LogP contribution is 2.21. The second-order valence-electron chi connectivity index (χ2n) is 3.29. The summed E-state index contributed by atoms with van der Waals surface area (Å²) in [6, 6.07) is 0. The Morgan fingerprint density at radius 3 is 2.42 bits per heavy atom. The van der Waals surface area contributed by atoms with Crippen molar-refractivity contribution in [1.82, 2.24) is 5.48 Å². The minimum Gasteiger partial charge on any atom is -0.317 e. The van der Waals surface area contributed by atoms with Gasteiger partial charge in [-0.1, -0.05) is 0 Å². The molecule has 0 aromatic rings. The van der Waals surface area contributed by atoms with Crippen LogP contribution in [-0.2, 0) is 9.84 Å². The summed E-state index contributed by atoms with van der Waals surface area (Å²) in [5.41, 5.74) is 2.09. The largest absolute Gasteiger partial charge is 0.317 e. The van der Waals surface area contributed by atoms with Crippen molar-refractivity contribution in [2.75, 3.05) is 18.1 Å². The lowest BCUT2D eigenvalue weighted by Gasteiger charge is -2.21. The Morgan fingerprint density at radius 2 is 1.92 bits per heavy atom. The fraction of sp³-hybridized carbons (Fsp3) is 1.00. The van der Waals surface area contributed by atoms with Gasteiger partial charge in [-0.2, -0.15) is 0 Å². The van der Waals surface area contributed by atoms with Crippen LogP contribution in [-0.4, -0.2) is 31.7 Å². The van der Waals surface area contributed by atoms with Crippen LogP contribution in [0.25, 0.3) is 0 Å². The topological polar surface area (TPSA) is 66.4 Å². The predicted molar refractivity (Wildman–Crippen MR) is 45.8 cm³/mol. The van der Waals surface area contributed by atoms with E-state index >= 15 is 0 Å². The third-order valence-electron chi connectivity index (χ3n) is 2.34. The van der Waals surface area contributed by atoms with Gasteiger partial charge in [-0.05, 0) is 25.2 Å². The summed E-state index contributed by atoms with van der Waals surface area (Å²) in [5, 5.41) is 8.33. The molecule has 0 aromatic carbocycles. The van der Waals surface area contributed by atoms with Gasteiger partial charge in [0.15, 0.2) is 0 Å². The highest BCUT2D eigenvalue weighted by atomic mass is 32.2. The van der Waals surface area contributed by atoms with Gasteiger partial charge in [0.1, 0.15) is 9.84 Å². The van der Waals surface area contributed by atoms with Gasteiger partial charge >= 0.3 is 0 Å². The molecule has 1 rings (SSSR count). The molecular weight excluding hydrogens is 178 g/mol. The molecule has 1 saturated heterocycles. The molecular formula is C7H15NO3S. The molecule has 0 spiro atoms. The van der Waals surface area contributed by atoms with Crippen LogP contribution in [0, 0.1) is 5.92 Å². The normalized spacial score (nSPS) is 24.1. The van der Waals surface area contributed by atoms with Crippen molar-refractivity contribution in [3.05, 3.63) is 0 Å². The van der Waals surface area contributed by atoms with Gasteiger partial charge in [0.25, 0.3) is 0 Å². The van der Waals surface area contributed by atoms with Gasteiger partial charge in [-0.3, -0.25) is 0 Å². The van der Waals surface area contributed by atoms with E-state index in [1.54, 1.807) is 0 Å². The third kappa shape index (κ3) is 3.08. The fourth-order valence-electron chi connectivity index (χ4n) is 1.50. The maximum Gasteiger partial charge on any atom is 0.150 e. The van der Waals surface area contributed by atoms with E-state index in [2.05, 4.69) is 5.48 Å². The van der Waals surface area contributed by atoms with Crippen LogP contribution in [0.5, 0.6) is 0 Å². The number of nitrogens with one attached hydrogen (secondary N) is 1. The molecule has 72 valence electrons. The molecule has 0 amide bonds. The van der Waals surface area contributed by atoms with Crippen LogP contribution in [0.4, 0.5) is 0 Å². The monoisotopic (exact) mass is 193 g/mol. The van der Waals surface area contributed by atoms with E-state index in [1.807, 2.05) is 0 Å². The highest BCUT2D eigenvalue weighted by Gasteiger charge is 2.22. The van der Waals surface area contributed by atoms with Crippen molar-refractivity contribution in [2.24, 2.45) is 5.92 Å². The molecule has 1 fully saturated rings. The third-order valence-corrected chi connectivity index (χ3v) is 4.05. The molecule has 4 nitrogen and oxygen atoms in total. The van der Waals surface area contributed by atoms with Crippen LogP contribution in [0.2, 0.25) is 0 Å². The standard InChI is InChI=1S/C7H15NO3S/c9-8-4-1-7-2-5-12(10,11)6-3-7/h7-9H,1-6H2. The number of sulfone groups is 1. The molecule has 0 saturated carbocycles. The Morgan fingerprint density at radius 1 is 1.33 bits per heavy atom. The smallest absolute Gasteiger partial charge is 0.150 e. The number of rotatable bonds is 3. The molecule has 0 atom stereocenters. The zero-order valence-electron chi connectivity index (χ0n) is 6.99. The summed E-state index contributed by atoms with van der Waals surface area (Å²) in [7, 11) is -2.72. The van der Waals surface area contributed by atoms with E-state index in [1.165, 1.54) is 0 Å². The van der Waals surface area contributed by atoms with Crippen LogP contribution in [0.15, 0.2) is 0 Å². The molecule has 0 unspecified atom stereocenters. The maximum absolute atomic E-state index is 11.0. The highest BCUT2D eigenvalue weighted by molar-refractivity contribution is 7.91. The SMILES string of the molecule is O=S1(=O)CCC(CCNO)CC1. The van der Waals surface area contributed by atoms with Gasteiger partial charge < -0.3 is 5.21 Å². The summed E-state index contributed by atoms with van der Waals surface area (Å²) in [6.07, 6.45) is 2.38. The molecule has 1 aliphatic rings. The Labute approximate surface area is 72.8 Å². The zero-order chi connectivity index (χ0) is 9.03. The lowest BCUT2D eigenvalue weighted by molar-refractivity contribution is 0.158. The van der Waals surface area contributed by atoms with Gasteiger partial charge in [-0.15, -0.1) is 0 Å². The quantitative estimate of drug-likeness (QED) is 0.627. The molecule has 0 radical (unpaired) electrons. The summed E-state index contributed by atoms with van der Waals surface area (Å²) < 4.78 is 22.0. The molecule has 5 heteroatoms. The predicted octanol–water partition coefficient (Wildman–Crippen LogP) is 0.180. The number of hydrogen-bond donors (Lipinski definition) is 2. The molecule has 0 aliphatic carbocycles. The number of hydrogen-bond acceptors (Lipinski definition) is 4. The average molecular weight is 193 g/mol. The van der Waals surface area contributed by atoms with Crippen molar-refractivity contribution in [1.29, 1.82) is 0 Å². The van der Waals surface area contributed by atoms with E-state index in [-0.39, 0.29) is 0 Å². The second kappa shape index (κ2) is 4.20. The minimum absolute atomic E-state index is 0.323. The second-order valence-corrected chi connectivity index (χ2v) is 5.60. The first kappa shape index (κ1) is 9.95. The lowest BCUT2D eigenvalue weighted by atomic mass is 9.99. The number of hydroxylamine groups is 1. The molecule has 12 heavy (non-hydrogen) atoms. The van der Waals surface area contributed by atoms with Crippen LogP contribution < -0.4 is 5.48 Å². The minimum atomic E-state index is -2.72. The maximum atomic E-state index is 11.0. The lowest BCUT2D eigenvalue weighted by Crippen LogP contribution is -2.25. The first-order chi connectivity index (χ1) is 5.64. The molecule has 2 N–H and O–H groups in total. The Kier molecular flexibility index (Phi) is 3.49. The molecule has 0 aromatic heterocycles. The average Bonchev–Trinajstić information content (AvgIpc) is 2.03. The van der Waals surface area contributed by atoms with Gasteiger partial charge in [0.05, 0.1) is 11.5 Å². The van der Waals surface area contributed by atoms with Crippen molar-refractivity contribution >= 4 is 9.84 Å². The fourth-order valence-corrected chi connectivity index (χ4v) is 3.09. The van der Waals surface area contributed by atoms with E-state index in [0.717, 1.165) is 19.3 Å². The van der Waals surface area contributed by atoms with Gasteiger partial charge in [0, 0.05) is 6.54 Å². The van der Waals surface area contributed by atoms with Crippen molar-refractivity contribution < 1.29 is 13.6 Å². The van der Waals surface area contributed by atoms with Crippen LogP contribution in [0.3, 0.4) is 0 Å². The molecule has 1 heterocycles. The Hall–Kier alpha value is -0.130. The summed E-state index contributed by atoms with van der Waals surface area (Å²) in [4.78, 5) is 0. The zero-order valence-corrected chi connectivity index (χ0v) is 7.81. The van der Waals surface area contributed by atoms with Crippen molar-refractivity contribution in [3.8, 4) is 0 Å². The van der Waals surface area contributed by atoms with Crippen LogP contribution in [0.1, 0.15) is 19.3 Å². The van der Waals surface area contributed by atoms with Crippen molar-refractivity contribution in [2.45, 2.75) is 19.3 Å². The summed E-state index contributed by atoms with van der Waals surface area (Å²) in [6.45, 7) is 0.560. The van der Waals surface area contributed by atoms with Gasteiger partial charge in [0.2, 0.25) is 0 Å². The summed E-state index contributed by atoms with van der Waals surface area (Å²) >= 11 is 0. The van der Waals surface area contributed by atoms with Crippen molar-refractivity contribution in [3.63, 3.8) is 0 Å². The van der Waals surface area contributed by atoms with E-state index in [9.17, 15) is 8.42 Å². The molecule has 1 aliphatic heterocycles. The first-order valence-electron chi connectivity index (χ1n) is 4.21. The van der Waals surface area contributed by atoms with E-state index < -0.39 is 9.84 Å². The van der Waals surface area contributed by atoms with E-state index in [0.29, 0.717) is 24.0 Å².